The summed E-state index contributed by atoms with van der Waals surface area (Å²) in [4.78, 5) is 2.72. The molecule has 0 unspecified atom stereocenters. The zero-order valence-electron chi connectivity index (χ0n) is 13.4. The van der Waals surface area contributed by atoms with Crippen LogP contribution in [0.15, 0.2) is 42.5 Å². The third-order valence-corrected chi connectivity index (χ3v) is 5.28. The Balaban J connectivity index is 0.000000960. The van der Waals surface area contributed by atoms with Crippen LogP contribution < -0.4 is 5.32 Å². The van der Waals surface area contributed by atoms with Crippen molar-refractivity contribution in [2.24, 2.45) is 5.92 Å². The molecule has 1 atom stereocenters. The Morgan fingerprint density at radius 2 is 1.61 bits per heavy atom. The van der Waals surface area contributed by atoms with Gasteiger partial charge >= 0.3 is 0 Å². The Morgan fingerprint density at radius 1 is 0.913 bits per heavy atom. The minimum absolute atomic E-state index is 0. The zero-order chi connectivity index (χ0) is 14.1. The Kier molecular flexibility index (Phi) is 6.72. The largest absolute Gasteiger partial charge is 0.314 e. The number of hydrogen-bond acceptors (Lipinski definition) is 2. The van der Waals surface area contributed by atoms with Crippen LogP contribution in [0, 0.1) is 5.92 Å². The van der Waals surface area contributed by atoms with Gasteiger partial charge in [-0.3, -0.25) is 4.90 Å². The van der Waals surface area contributed by atoms with Crippen molar-refractivity contribution < 1.29 is 0 Å². The molecule has 2 fully saturated rings. The van der Waals surface area contributed by atoms with Gasteiger partial charge in [-0.15, -0.1) is 24.8 Å². The van der Waals surface area contributed by atoms with Crippen molar-refractivity contribution in [2.45, 2.75) is 25.3 Å². The van der Waals surface area contributed by atoms with Crippen molar-refractivity contribution in [3.8, 4) is 0 Å². The Hall–Kier alpha value is -0.800. The molecule has 2 nitrogen and oxygen atoms in total. The molecule has 0 amide bonds. The first-order valence-electron chi connectivity index (χ1n) is 8.36. The normalized spacial score (nSPS) is 20.2. The molecule has 4 rings (SSSR count). The van der Waals surface area contributed by atoms with E-state index in [0.717, 1.165) is 19.0 Å². The molecule has 1 N–H and O–H groups in total. The van der Waals surface area contributed by atoms with Crippen molar-refractivity contribution in [1.29, 1.82) is 0 Å². The van der Waals surface area contributed by atoms with E-state index in [0.29, 0.717) is 6.04 Å². The second-order valence-electron chi connectivity index (χ2n) is 6.49. The van der Waals surface area contributed by atoms with Crippen LogP contribution in [0.1, 0.15) is 30.9 Å². The summed E-state index contributed by atoms with van der Waals surface area (Å²) in [7, 11) is 0. The first kappa shape index (κ1) is 18.5. The van der Waals surface area contributed by atoms with Crippen molar-refractivity contribution in [3.63, 3.8) is 0 Å². The van der Waals surface area contributed by atoms with Crippen LogP contribution in [0.2, 0.25) is 0 Å². The van der Waals surface area contributed by atoms with Crippen LogP contribution in [0.25, 0.3) is 10.8 Å². The molecule has 1 saturated carbocycles. The molecule has 1 heterocycles. The van der Waals surface area contributed by atoms with Crippen LogP contribution in [0.4, 0.5) is 0 Å². The van der Waals surface area contributed by atoms with E-state index in [4.69, 9.17) is 0 Å². The van der Waals surface area contributed by atoms with Crippen LogP contribution in [0.5, 0.6) is 0 Å². The van der Waals surface area contributed by atoms with E-state index in [1.165, 1.54) is 43.1 Å². The molecule has 4 heteroatoms. The van der Waals surface area contributed by atoms with Gasteiger partial charge < -0.3 is 5.32 Å². The molecule has 2 aromatic carbocycles. The highest BCUT2D eigenvalue weighted by Crippen LogP contribution is 2.43. The van der Waals surface area contributed by atoms with Crippen molar-refractivity contribution >= 4 is 35.6 Å². The van der Waals surface area contributed by atoms with Gasteiger partial charge in [-0.2, -0.15) is 0 Å². The average molecular weight is 353 g/mol. The van der Waals surface area contributed by atoms with Gasteiger partial charge in [-0.1, -0.05) is 48.9 Å². The molecule has 126 valence electrons. The standard InChI is InChI=1S/C19H24N2.2ClH/c1-2-9-17-15(5-1)6-4-10-18(17)19(16-7-3-8-16)21-13-11-20-12-14-21;;/h1-2,4-6,9-10,16,19-20H,3,7-8,11-14H2;2*1H/t19-;;/m1../s1. The number of nitrogens with zero attached hydrogens (tertiary/aromatic N) is 1. The Bertz CT molecular complexity index is 616. The second kappa shape index (κ2) is 8.34. The highest BCUT2D eigenvalue weighted by atomic mass is 35.5. The fraction of sp³-hybridized carbons (Fsp3) is 0.474. The number of piperazine rings is 1. The number of halogens is 2. The molecule has 0 radical (unpaired) electrons. The summed E-state index contributed by atoms with van der Waals surface area (Å²) in [5.41, 5.74) is 1.56. The van der Waals surface area contributed by atoms with Crippen LogP contribution in [0.3, 0.4) is 0 Å². The van der Waals surface area contributed by atoms with Gasteiger partial charge in [-0.05, 0) is 35.1 Å². The summed E-state index contributed by atoms with van der Waals surface area (Å²) < 4.78 is 0. The fourth-order valence-corrected chi connectivity index (χ4v) is 3.97. The van der Waals surface area contributed by atoms with Gasteiger partial charge in [0.1, 0.15) is 0 Å². The molecule has 0 spiro atoms. The first-order chi connectivity index (χ1) is 10.4. The van der Waals surface area contributed by atoms with Gasteiger partial charge in [0.05, 0.1) is 0 Å². The maximum absolute atomic E-state index is 3.49. The lowest BCUT2D eigenvalue weighted by molar-refractivity contribution is 0.0846. The molecule has 2 aliphatic rings. The van der Waals surface area contributed by atoms with Crippen LogP contribution in [-0.2, 0) is 0 Å². The van der Waals surface area contributed by atoms with Crippen molar-refractivity contribution in [3.05, 3.63) is 48.0 Å². The van der Waals surface area contributed by atoms with E-state index in [2.05, 4.69) is 52.7 Å². The summed E-state index contributed by atoms with van der Waals surface area (Å²) in [6.07, 6.45) is 4.22. The highest BCUT2D eigenvalue weighted by Gasteiger charge is 2.34. The number of nitrogens with one attached hydrogen (secondary N) is 1. The van der Waals surface area contributed by atoms with E-state index >= 15 is 0 Å². The second-order valence-corrected chi connectivity index (χ2v) is 6.49. The lowest BCUT2D eigenvalue weighted by Crippen LogP contribution is -2.47. The Morgan fingerprint density at radius 3 is 2.30 bits per heavy atom. The number of fused-ring (bicyclic) bond motifs is 1. The SMILES string of the molecule is Cl.Cl.c1ccc2c([C@@H](C3CCC3)N3CCNCC3)cccc2c1. The molecule has 2 aromatic rings. The van der Waals surface area contributed by atoms with Crippen molar-refractivity contribution in [1.82, 2.24) is 10.2 Å². The maximum Gasteiger partial charge on any atom is 0.0383 e. The topological polar surface area (TPSA) is 15.3 Å². The Labute approximate surface area is 151 Å². The van der Waals surface area contributed by atoms with Gasteiger partial charge in [0.15, 0.2) is 0 Å². The zero-order valence-corrected chi connectivity index (χ0v) is 15.0. The average Bonchev–Trinajstić information content (AvgIpc) is 2.51. The predicted octanol–water partition coefficient (Wildman–Crippen LogP) is 4.43. The van der Waals surface area contributed by atoms with Gasteiger partial charge in [0, 0.05) is 32.2 Å². The number of hydrogen-bond donors (Lipinski definition) is 1. The van der Waals surface area contributed by atoms with Gasteiger partial charge in [-0.25, -0.2) is 0 Å². The van der Waals surface area contributed by atoms with E-state index < -0.39 is 0 Å². The third kappa shape index (κ3) is 3.66. The first-order valence-corrected chi connectivity index (χ1v) is 8.36. The summed E-state index contributed by atoms with van der Waals surface area (Å²) in [5.74, 6) is 0.855. The molecule has 1 aliphatic heterocycles. The van der Waals surface area contributed by atoms with Gasteiger partial charge in [0.2, 0.25) is 0 Å². The third-order valence-electron chi connectivity index (χ3n) is 5.28. The molecule has 23 heavy (non-hydrogen) atoms. The van der Waals surface area contributed by atoms with Gasteiger partial charge in [0.25, 0.3) is 0 Å². The van der Waals surface area contributed by atoms with Crippen LogP contribution >= 0.6 is 24.8 Å². The molecule has 1 aliphatic carbocycles. The lowest BCUT2D eigenvalue weighted by Gasteiger charge is -2.43. The van der Waals surface area contributed by atoms with E-state index in [9.17, 15) is 0 Å². The predicted molar refractivity (Wildman–Crippen MR) is 103 cm³/mol. The quantitative estimate of drug-likeness (QED) is 0.878. The number of rotatable bonds is 3. The lowest BCUT2D eigenvalue weighted by atomic mass is 9.75. The fourth-order valence-electron chi connectivity index (χ4n) is 3.97. The van der Waals surface area contributed by atoms with E-state index in [1.807, 2.05) is 0 Å². The smallest absolute Gasteiger partial charge is 0.0383 e. The summed E-state index contributed by atoms with van der Waals surface area (Å²) >= 11 is 0. The minimum Gasteiger partial charge on any atom is -0.314 e. The van der Waals surface area contributed by atoms with E-state index in [-0.39, 0.29) is 24.8 Å². The van der Waals surface area contributed by atoms with Crippen molar-refractivity contribution in [2.75, 3.05) is 26.2 Å². The maximum atomic E-state index is 3.49. The molecular formula is C19H26Cl2N2. The summed E-state index contributed by atoms with van der Waals surface area (Å²) in [5, 5.41) is 6.33. The summed E-state index contributed by atoms with van der Waals surface area (Å²) in [6.45, 7) is 4.64. The molecule has 0 bridgehead atoms. The monoisotopic (exact) mass is 352 g/mol. The van der Waals surface area contributed by atoms with Crippen LogP contribution in [-0.4, -0.2) is 31.1 Å². The van der Waals surface area contributed by atoms with E-state index in [1.54, 1.807) is 5.56 Å². The summed E-state index contributed by atoms with van der Waals surface area (Å²) in [6, 6.07) is 16.4. The molecule has 1 saturated heterocycles. The highest BCUT2D eigenvalue weighted by molar-refractivity contribution is 5.86. The molecular weight excluding hydrogens is 327 g/mol. The molecule has 0 aromatic heterocycles. The minimum atomic E-state index is 0. The number of benzene rings is 2.